The molecule has 7 heteroatoms. The summed E-state index contributed by atoms with van der Waals surface area (Å²) in [4.78, 5) is 11.7. The molecule has 0 radical (unpaired) electrons. The van der Waals surface area contributed by atoms with E-state index in [0.717, 1.165) is 42.7 Å². The van der Waals surface area contributed by atoms with Gasteiger partial charge in [-0.2, -0.15) is 0 Å². The number of benzene rings is 1. The van der Waals surface area contributed by atoms with Crippen LogP contribution < -0.4 is 15.4 Å². The first kappa shape index (κ1) is 22.1. The molecule has 0 spiro atoms. The first-order valence-corrected chi connectivity index (χ1v) is 11.4. The highest BCUT2D eigenvalue weighted by Gasteiger charge is 2.22. The minimum atomic E-state index is 0.289. The average molecular weight is 435 g/mol. The molecule has 2 aromatic heterocycles. The van der Waals surface area contributed by atoms with E-state index in [1.54, 1.807) is 7.11 Å². The molecule has 4 rings (SSSR count). The van der Waals surface area contributed by atoms with Gasteiger partial charge in [0.15, 0.2) is 5.96 Å². The van der Waals surface area contributed by atoms with Crippen LogP contribution in [0.1, 0.15) is 42.3 Å². The number of piperidine rings is 1. The monoisotopic (exact) mass is 434 g/mol. The molecule has 1 saturated heterocycles. The molecule has 2 N–H and O–H groups in total. The van der Waals surface area contributed by atoms with Crippen LogP contribution in [0.3, 0.4) is 0 Å². The molecule has 170 valence electrons. The summed E-state index contributed by atoms with van der Waals surface area (Å²) in [6.07, 6.45) is 5.92. The Labute approximate surface area is 190 Å². The second kappa shape index (κ2) is 10.5. The van der Waals surface area contributed by atoms with E-state index >= 15 is 0 Å². The number of aliphatic imine (C=N–C) groups is 1. The van der Waals surface area contributed by atoms with Crippen LogP contribution in [0.4, 0.5) is 0 Å². The van der Waals surface area contributed by atoms with Gasteiger partial charge in [-0.25, -0.2) is 4.98 Å². The number of imidazole rings is 1. The topological polar surface area (TPSA) is 66.2 Å². The fourth-order valence-corrected chi connectivity index (χ4v) is 4.39. The highest BCUT2D eigenvalue weighted by molar-refractivity contribution is 5.79. The van der Waals surface area contributed by atoms with E-state index in [-0.39, 0.29) is 6.04 Å². The number of rotatable bonds is 7. The predicted molar refractivity (Wildman–Crippen MR) is 129 cm³/mol. The molecule has 0 bridgehead atoms. The van der Waals surface area contributed by atoms with Gasteiger partial charge < -0.3 is 19.8 Å². The minimum absolute atomic E-state index is 0.289. The van der Waals surface area contributed by atoms with Crippen molar-refractivity contribution >= 4 is 11.6 Å². The van der Waals surface area contributed by atoms with Crippen LogP contribution in [0.15, 0.2) is 53.7 Å². The van der Waals surface area contributed by atoms with Crippen molar-refractivity contribution in [3.63, 3.8) is 0 Å². The zero-order valence-corrected chi connectivity index (χ0v) is 19.3. The number of pyridine rings is 1. The number of nitrogens with one attached hydrogen (secondary N) is 2. The van der Waals surface area contributed by atoms with Gasteiger partial charge in [0.05, 0.1) is 25.4 Å². The summed E-state index contributed by atoms with van der Waals surface area (Å²) < 4.78 is 7.46. The normalized spacial score (nSPS) is 16.2. The molecular weight excluding hydrogens is 400 g/mol. The number of hydrogen-bond donors (Lipinski definition) is 2. The van der Waals surface area contributed by atoms with Crippen LogP contribution in [0.2, 0.25) is 0 Å². The Hall–Kier alpha value is -3.06. The fourth-order valence-electron chi connectivity index (χ4n) is 4.39. The molecule has 3 heterocycles. The molecule has 1 aromatic carbocycles. The summed E-state index contributed by atoms with van der Waals surface area (Å²) in [5.74, 6) is 1.67. The summed E-state index contributed by atoms with van der Waals surface area (Å²) in [6.45, 7) is 5.76. The zero-order valence-electron chi connectivity index (χ0n) is 19.3. The Morgan fingerprint density at radius 1 is 1.09 bits per heavy atom. The lowest BCUT2D eigenvalue weighted by Gasteiger charge is -2.35. The Morgan fingerprint density at radius 2 is 1.88 bits per heavy atom. The van der Waals surface area contributed by atoms with Crippen molar-refractivity contribution in [1.82, 2.24) is 24.9 Å². The van der Waals surface area contributed by atoms with Gasteiger partial charge >= 0.3 is 0 Å². The number of fused-ring (bicyclic) bond motifs is 1. The molecule has 1 unspecified atom stereocenters. The van der Waals surface area contributed by atoms with Crippen LogP contribution in [0.25, 0.3) is 5.65 Å². The van der Waals surface area contributed by atoms with E-state index in [2.05, 4.69) is 56.2 Å². The van der Waals surface area contributed by atoms with Crippen molar-refractivity contribution in [1.29, 1.82) is 0 Å². The zero-order chi connectivity index (χ0) is 22.3. The summed E-state index contributed by atoms with van der Waals surface area (Å²) in [7, 11) is 3.52. The van der Waals surface area contributed by atoms with Gasteiger partial charge in [-0.1, -0.05) is 24.6 Å². The van der Waals surface area contributed by atoms with Crippen LogP contribution in [0, 0.1) is 6.92 Å². The lowest BCUT2D eigenvalue weighted by Crippen LogP contribution is -2.44. The van der Waals surface area contributed by atoms with Crippen LogP contribution >= 0.6 is 0 Å². The standard InChI is InChI=1S/C25H34N6O/c1-19-8-7-9-24-29-21(18-31(19)24)16-27-25(26-2)28-17-23(30-14-5-4-6-15-30)20-10-12-22(32-3)13-11-20/h7-13,18,23H,4-6,14-17H2,1-3H3,(H2,26,27,28). The number of nitrogens with zero attached hydrogens (tertiary/aromatic N) is 4. The minimum Gasteiger partial charge on any atom is -0.497 e. The predicted octanol–water partition coefficient (Wildman–Crippen LogP) is 3.54. The highest BCUT2D eigenvalue weighted by atomic mass is 16.5. The van der Waals surface area contributed by atoms with E-state index in [1.165, 1.54) is 30.5 Å². The van der Waals surface area contributed by atoms with E-state index < -0.39 is 0 Å². The second-order valence-electron chi connectivity index (χ2n) is 8.32. The molecule has 0 aliphatic carbocycles. The van der Waals surface area contributed by atoms with Crippen molar-refractivity contribution in [3.05, 3.63) is 65.6 Å². The first-order chi connectivity index (χ1) is 15.7. The molecule has 1 aliphatic heterocycles. The third kappa shape index (κ3) is 5.22. The summed E-state index contributed by atoms with van der Waals surface area (Å²) in [5, 5.41) is 6.96. The molecule has 1 aliphatic rings. The molecule has 7 nitrogen and oxygen atoms in total. The summed E-state index contributed by atoms with van der Waals surface area (Å²) >= 11 is 0. The van der Waals surface area contributed by atoms with Gasteiger partial charge in [-0.15, -0.1) is 0 Å². The SMILES string of the molecule is CN=C(NCc1cn2c(C)cccc2n1)NCC(c1ccc(OC)cc1)N1CCCCC1. The maximum atomic E-state index is 5.35. The highest BCUT2D eigenvalue weighted by Crippen LogP contribution is 2.25. The third-order valence-corrected chi connectivity index (χ3v) is 6.20. The lowest BCUT2D eigenvalue weighted by atomic mass is 10.0. The Balaban J connectivity index is 1.41. The molecule has 0 saturated carbocycles. The van der Waals surface area contributed by atoms with Gasteiger partial charge in [0, 0.05) is 25.5 Å². The van der Waals surface area contributed by atoms with E-state index in [0.29, 0.717) is 6.54 Å². The maximum absolute atomic E-state index is 5.35. The Morgan fingerprint density at radius 3 is 2.56 bits per heavy atom. The number of likely N-dealkylation sites (tertiary alicyclic amines) is 1. The van der Waals surface area contributed by atoms with Crippen LogP contribution in [0.5, 0.6) is 5.75 Å². The van der Waals surface area contributed by atoms with Crippen molar-refractivity contribution in [2.75, 3.05) is 33.8 Å². The lowest BCUT2D eigenvalue weighted by molar-refractivity contribution is 0.164. The van der Waals surface area contributed by atoms with Crippen LogP contribution in [-0.2, 0) is 6.54 Å². The molecule has 32 heavy (non-hydrogen) atoms. The quantitative estimate of drug-likeness (QED) is 0.440. The Kier molecular flexibility index (Phi) is 7.27. The summed E-state index contributed by atoms with van der Waals surface area (Å²) in [6, 6.07) is 14.9. The van der Waals surface area contributed by atoms with Gasteiger partial charge in [0.2, 0.25) is 0 Å². The van der Waals surface area contributed by atoms with E-state index in [4.69, 9.17) is 9.72 Å². The number of ether oxygens (including phenoxy) is 1. The van der Waals surface area contributed by atoms with Crippen molar-refractivity contribution < 1.29 is 4.74 Å². The molecule has 1 fully saturated rings. The van der Waals surface area contributed by atoms with Crippen molar-refractivity contribution in [3.8, 4) is 5.75 Å². The number of aryl methyl sites for hydroxylation is 1. The van der Waals surface area contributed by atoms with Crippen LogP contribution in [-0.4, -0.2) is 54.0 Å². The molecule has 1 atom stereocenters. The number of aromatic nitrogens is 2. The van der Waals surface area contributed by atoms with E-state index in [9.17, 15) is 0 Å². The summed E-state index contributed by atoms with van der Waals surface area (Å²) in [5.41, 5.74) is 4.43. The number of guanidine groups is 1. The van der Waals surface area contributed by atoms with Crippen molar-refractivity contribution in [2.24, 2.45) is 4.99 Å². The maximum Gasteiger partial charge on any atom is 0.191 e. The largest absolute Gasteiger partial charge is 0.497 e. The van der Waals surface area contributed by atoms with Gasteiger partial charge in [-0.05, 0) is 62.7 Å². The average Bonchev–Trinajstić information content (AvgIpc) is 3.27. The van der Waals surface area contributed by atoms with Gasteiger partial charge in [0.25, 0.3) is 0 Å². The smallest absolute Gasteiger partial charge is 0.191 e. The molecule has 0 amide bonds. The molecule has 3 aromatic rings. The second-order valence-corrected chi connectivity index (χ2v) is 8.32. The Bertz CT molecular complexity index is 1040. The van der Waals surface area contributed by atoms with Gasteiger partial charge in [-0.3, -0.25) is 9.89 Å². The third-order valence-electron chi connectivity index (χ3n) is 6.20. The van der Waals surface area contributed by atoms with E-state index in [1.807, 2.05) is 31.3 Å². The number of methoxy groups -OCH3 is 1. The van der Waals surface area contributed by atoms with Crippen molar-refractivity contribution in [2.45, 2.75) is 38.8 Å². The molecular formula is C25H34N6O. The first-order valence-electron chi connectivity index (χ1n) is 11.4. The van der Waals surface area contributed by atoms with Gasteiger partial charge in [0.1, 0.15) is 11.4 Å². The fraction of sp³-hybridized carbons (Fsp3) is 0.440. The number of hydrogen-bond acceptors (Lipinski definition) is 4.